The van der Waals surface area contributed by atoms with Crippen LogP contribution in [0.1, 0.15) is 5.56 Å². The average Bonchev–Trinajstić information content (AvgIpc) is 2.45. The van der Waals surface area contributed by atoms with E-state index >= 15 is 0 Å². The van der Waals surface area contributed by atoms with E-state index in [1.54, 1.807) is 12.1 Å². The van der Waals surface area contributed by atoms with Crippen LogP contribution < -0.4 is 10.6 Å². The lowest BCUT2D eigenvalue weighted by atomic mass is 10.2. The Hall–Kier alpha value is -1.96. The summed E-state index contributed by atoms with van der Waals surface area (Å²) < 4.78 is 39.7. The smallest absolute Gasteiger partial charge is 0.261 e. The molecule has 0 heterocycles. The van der Waals surface area contributed by atoms with Crippen LogP contribution in [0.15, 0.2) is 53.4 Å². The molecule has 0 saturated heterocycles. The molecule has 0 radical (unpaired) electrons. The second-order valence-corrected chi connectivity index (χ2v) is 6.06. The molecule has 3 N–H and O–H groups in total. The zero-order valence-electron chi connectivity index (χ0n) is 11.1. The van der Waals surface area contributed by atoms with Crippen LogP contribution in [-0.2, 0) is 21.3 Å². The SMILES string of the molecule is NOCCc1ccc(S(=O)(=O)Nc2cccc(F)c2)cc1. The molecule has 0 unspecified atom stereocenters. The van der Waals surface area contributed by atoms with Gasteiger partial charge in [0.1, 0.15) is 5.82 Å². The summed E-state index contributed by atoms with van der Waals surface area (Å²) in [4.78, 5) is 4.57. The maximum atomic E-state index is 13.1. The van der Waals surface area contributed by atoms with Crippen LogP contribution in [0.2, 0.25) is 0 Å². The van der Waals surface area contributed by atoms with Crippen molar-refractivity contribution in [3.63, 3.8) is 0 Å². The Morgan fingerprint density at radius 1 is 1.14 bits per heavy atom. The molecule has 0 aliphatic rings. The summed E-state index contributed by atoms with van der Waals surface area (Å²) >= 11 is 0. The lowest BCUT2D eigenvalue weighted by Crippen LogP contribution is -2.13. The predicted molar refractivity (Wildman–Crippen MR) is 77.5 cm³/mol. The van der Waals surface area contributed by atoms with Gasteiger partial charge in [0.05, 0.1) is 17.2 Å². The first-order chi connectivity index (χ1) is 10.0. The molecule has 0 aromatic heterocycles. The van der Waals surface area contributed by atoms with Crippen LogP contribution in [-0.4, -0.2) is 15.0 Å². The van der Waals surface area contributed by atoms with E-state index in [0.29, 0.717) is 13.0 Å². The summed E-state index contributed by atoms with van der Waals surface area (Å²) in [6, 6.07) is 11.6. The van der Waals surface area contributed by atoms with Gasteiger partial charge in [-0.25, -0.2) is 18.7 Å². The minimum absolute atomic E-state index is 0.101. The first kappa shape index (κ1) is 15.4. The van der Waals surface area contributed by atoms with E-state index in [4.69, 9.17) is 5.90 Å². The molecule has 2 rings (SSSR count). The van der Waals surface area contributed by atoms with E-state index < -0.39 is 15.8 Å². The molecule has 0 amide bonds. The number of benzene rings is 2. The summed E-state index contributed by atoms with van der Waals surface area (Å²) in [6.45, 7) is 0.355. The van der Waals surface area contributed by atoms with Crippen LogP contribution in [0.5, 0.6) is 0 Å². The van der Waals surface area contributed by atoms with Crippen molar-refractivity contribution in [1.29, 1.82) is 0 Å². The first-order valence-electron chi connectivity index (χ1n) is 6.20. The van der Waals surface area contributed by atoms with Gasteiger partial charge in [0.2, 0.25) is 0 Å². The van der Waals surface area contributed by atoms with Gasteiger partial charge in [-0.2, -0.15) is 0 Å². The molecule has 2 aromatic rings. The Morgan fingerprint density at radius 2 is 1.86 bits per heavy atom. The third kappa shape index (κ3) is 4.25. The number of rotatable bonds is 6. The lowest BCUT2D eigenvalue weighted by Gasteiger charge is -2.09. The Labute approximate surface area is 122 Å². The molecule has 7 heteroatoms. The average molecular weight is 310 g/mol. The Kier molecular flexibility index (Phi) is 4.89. The highest BCUT2D eigenvalue weighted by molar-refractivity contribution is 7.92. The van der Waals surface area contributed by atoms with Gasteiger partial charge < -0.3 is 4.84 Å². The normalized spacial score (nSPS) is 11.3. The Morgan fingerprint density at radius 3 is 2.48 bits per heavy atom. The van der Waals surface area contributed by atoms with Crippen LogP contribution in [0.4, 0.5) is 10.1 Å². The predicted octanol–water partition coefficient (Wildman–Crippen LogP) is 2.06. The molecule has 21 heavy (non-hydrogen) atoms. The van der Waals surface area contributed by atoms with Crippen molar-refractivity contribution in [2.45, 2.75) is 11.3 Å². The zero-order chi connectivity index (χ0) is 15.3. The first-order valence-corrected chi connectivity index (χ1v) is 7.68. The van der Waals surface area contributed by atoms with Gasteiger partial charge in [-0.3, -0.25) is 4.72 Å². The van der Waals surface area contributed by atoms with Gasteiger partial charge in [0.25, 0.3) is 10.0 Å². The molecule has 0 atom stereocenters. The van der Waals surface area contributed by atoms with E-state index in [2.05, 4.69) is 9.56 Å². The Balaban J connectivity index is 2.15. The number of halogens is 1. The molecule has 2 aromatic carbocycles. The minimum Gasteiger partial charge on any atom is -0.304 e. The standard InChI is InChI=1S/C14H15FN2O3S/c15-12-2-1-3-13(10-12)17-21(18,19)14-6-4-11(5-7-14)8-9-20-16/h1-7,10,17H,8-9,16H2. The molecule has 112 valence electrons. The van der Waals surface area contributed by atoms with E-state index in [1.807, 2.05) is 0 Å². The zero-order valence-corrected chi connectivity index (χ0v) is 11.9. The van der Waals surface area contributed by atoms with Gasteiger partial charge in [-0.15, -0.1) is 0 Å². The molecule has 0 saturated carbocycles. The molecule has 0 aliphatic heterocycles. The Bertz CT molecular complexity index is 702. The van der Waals surface area contributed by atoms with E-state index in [-0.39, 0.29) is 10.6 Å². The van der Waals surface area contributed by atoms with E-state index in [0.717, 1.165) is 11.6 Å². The molecule has 0 spiro atoms. The fraction of sp³-hybridized carbons (Fsp3) is 0.143. The van der Waals surface area contributed by atoms with Crippen molar-refractivity contribution in [1.82, 2.24) is 0 Å². The second kappa shape index (κ2) is 6.66. The van der Waals surface area contributed by atoms with Crippen molar-refractivity contribution in [2.75, 3.05) is 11.3 Å². The maximum absolute atomic E-state index is 13.1. The third-order valence-electron chi connectivity index (χ3n) is 2.82. The highest BCUT2D eigenvalue weighted by Gasteiger charge is 2.14. The highest BCUT2D eigenvalue weighted by Crippen LogP contribution is 2.17. The molecule has 0 aliphatic carbocycles. The largest absolute Gasteiger partial charge is 0.304 e. The van der Waals surface area contributed by atoms with Gasteiger partial charge >= 0.3 is 0 Å². The number of nitrogens with two attached hydrogens (primary N) is 1. The maximum Gasteiger partial charge on any atom is 0.261 e. The minimum atomic E-state index is -3.74. The van der Waals surface area contributed by atoms with Crippen LogP contribution in [0.3, 0.4) is 0 Å². The summed E-state index contributed by atoms with van der Waals surface area (Å²) in [7, 11) is -3.74. The van der Waals surface area contributed by atoms with Crippen molar-refractivity contribution >= 4 is 15.7 Å². The van der Waals surface area contributed by atoms with Crippen molar-refractivity contribution in [3.8, 4) is 0 Å². The summed E-state index contributed by atoms with van der Waals surface area (Å²) in [5, 5.41) is 0. The summed E-state index contributed by atoms with van der Waals surface area (Å²) in [5.41, 5.74) is 1.08. The fourth-order valence-electron chi connectivity index (χ4n) is 1.78. The third-order valence-corrected chi connectivity index (χ3v) is 4.22. The number of hydrogen-bond acceptors (Lipinski definition) is 4. The van der Waals surface area contributed by atoms with Crippen LogP contribution in [0.25, 0.3) is 0 Å². The van der Waals surface area contributed by atoms with Gasteiger partial charge in [0, 0.05) is 0 Å². The van der Waals surface area contributed by atoms with Crippen molar-refractivity contribution in [3.05, 3.63) is 59.9 Å². The van der Waals surface area contributed by atoms with Crippen LogP contribution >= 0.6 is 0 Å². The number of anilines is 1. The lowest BCUT2D eigenvalue weighted by molar-refractivity contribution is 0.141. The molecule has 0 fully saturated rings. The van der Waals surface area contributed by atoms with E-state index in [1.165, 1.54) is 30.3 Å². The fourth-order valence-corrected chi connectivity index (χ4v) is 2.83. The quantitative estimate of drug-likeness (QED) is 0.800. The molecule has 5 nitrogen and oxygen atoms in total. The van der Waals surface area contributed by atoms with Crippen molar-refractivity contribution in [2.24, 2.45) is 5.90 Å². The molecular formula is C14H15FN2O3S. The number of sulfonamides is 1. The topological polar surface area (TPSA) is 81.4 Å². The number of nitrogens with one attached hydrogen (secondary N) is 1. The second-order valence-electron chi connectivity index (χ2n) is 4.38. The van der Waals surface area contributed by atoms with Crippen LogP contribution in [0, 0.1) is 5.82 Å². The highest BCUT2D eigenvalue weighted by atomic mass is 32.2. The monoisotopic (exact) mass is 310 g/mol. The van der Waals surface area contributed by atoms with Crippen molar-refractivity contribution < 1.29 is 17.6 Å². The molecular weight excluding hydrogens is 295 g/mol. The van der Waals surface area contributed by atoms with Gasteiger partial charge in [-0.05, 0) is 42.3 Å². The molecule has 0 bridgehead atoms. The van der Waals surface area contributed by atoms with Gasteiger partial charge in [-0.1, -0.05) is 18.2 Å². The van der Waals surface area contributed by atoms with E-state index in [9.17, 15) is 12.8 Å². The van der Waals surface area contributed by atoms with Gasteiger partial charge in [0.15, 0.2) is 0 Å². The number of hydrogen-bond donors (Lipinski definition) is 2. The summed E-state index contributed by atoms with van der Waals surface area (Å²) in [5.74, 6) is 4.43. The summed E-state index contributed by atoms with van der Waals surface area (Å²) in [6.07, 6.45) is 0.591.